The van der Waals surface area contributed by atoms with Gasteiger partial charge in [-0.15, -0.1) is 0 Å². The molecule has 132 valence electrons. The molecule has 1 aliphatic heterocycles. The predicted octanol–water partition coefficient (Wildman–Crippen LogP) is 1.40. The van der Waals surface area contributed by atoms with E-state index in [1.165, 1.54) is 0 Å². The normalized spacial score (nSPS) is 22.2. The Morgan fingerprint density at radius 1 is 1.38 bits per heavy atom. The molecule has 2 atom stereocenters. The van der Waals surface area contributed by atoms with Gasteiger partial charge in [0.25, 0.3) is 10.0 Å². The molecule has 24 heavy (non-hydrogen) atoms. The van der Waals surface area contributed by atoms with E-state index in [0.717, 1.165) is 5.69 Å². The highest BCUT2D eigenvalue weighted by atomic mass is 32.2. The van der Waals surface area contributed by atoms with E-state index in [2.05, 4.69) is 14.7 Å². The lowest BCUT2D eigenvalue weighted by atomic mass is 10.0. The Bertz CT molecular complexity index is 796. The minimum atomic E-state index is -3.63. The lowest BCUT2D eigenvalue weighted by Crippen LogP contribution is -2.40. The standard InChI is InChI=1S/C15H23N5O3S/c1-11(2)20-8-15(17-10-20)24(21,22)18-12-4-5-23-14(6-12)13-7-16-9-19(13)3/h7-12,14,18H,4-6H2,1-3H3/t12-,14+/m1/s1. The van der Waals surface area contributed by atoms with E-state index in [0.29, 0.717) is 19.4 Å². The van der Waals surface area contributed by atoms with Gasteiger partial charge in [0.05, 0.1) is 24.5 Å². The van der Waals surface area contributed by atoms with Gasteiger partial charge in [-0.3, -0.25) is 0 Å². The Morgan fingerprint density at radius 3 is 2.79 bits per heavy atom. The number of sulfonamides is 1. The van der Waals surface area contributed by atoms with Crippen LogP contribution in [0.3, 0.4) is 0 Å². The average Bonchev–Trinajstić information content (AvgIpc) is 3.16. The van der Waals surface area contributed by atoms with Crippen LogP contribution in [0.25, 0.3) is 0 Å². The van der Waals surface area contributed by atoms with Gasteiger partial charge in [0.1, 0.15) is 6.10 Å². The molecule has 0 radical (unpaired) electrons. The number of imidazole rings is 2. The second kappa shape index (κ2) is 6.66. The molecule has 3 heterocycles. The Labute approximate surface area is 141 Å². The molecule has 0 spiro atoms. The van der Waals surface area contributed by atoms with Crippen LogP contribution in [-0.4, -0.2) is 40.2 Å². The molecule has 1 N–H and O–H groups in total. The summed E-state index contributed by atoms with van der Waals surface area (Å²) < 4.78 is 37.3. The number of rotatable bonds is 5. The van der Waals surface area contributed by atoms with E-state index in [4.69, 9.17) is 4.74 Å². The predicted molar refractivity (Wildman–Crippen MR) is 87.9 cm³/mol. The minimum Gasteiger partial charge on any atom is -0.372 e. The van der Waals surface area contributed by atoms with Crippen molar-refractivity contribution >= 4 is 10.0 Å². The van der Waals surface area contributed by atoms with E-state index in [-0.39, 0.29) is 23.2 Å². The van der Waals surface area contributed by atoms with Crippen molar-refractivity contribution in [3.8, 4) is 0 Å². The van der Waals surface area contributed by atoms with Crippen molar-refractivity contribution in [3.05, 3.63) is 30.7 Å². The zero-order valence-electron chi connectivity index (χ0n) is 14.1. The van der Waals surface area contributed by atoms with Crippen molar-refractivity contribution in [3.63, 3.8) is 0 Å². The van der Waals surface area contributed by atoms with Crippen molar-refractivity contribution < 1.29 is 13.2 Å². The molecule has 0 amide bonds. The maximum absolute atomic E-state index is 12.6. The first kappa shape index (κ1) is 17.1. The zero-order valence-corrected chi connectivity index (χ0v) is 14.9. The third kappa shape index (κ3) is 3.52. The SMILES string of the molecule is CC(C)n1cnc(S(=O)(=O)N[C@@H]2CCO[C@H](c3cncn3C)C2)c1. The molecule has 0 aromatic carbocycles. The largest absolute Gasteiger partial charge is 0.372 e. The Hall–Kier alpha value is -1.71. The van der Waals surface area contributed by atoms with Gasteiger partial charge in [-0.1, -0.05) is 0 Å². The molecule has 0 unspecified atom stereocenters. The molecule has 9 heteroatoms. The molecule has 0 bridgehead atoms. The molecular formula is C15H23N5O3S. The Kier molecular flexibility index (Phi) is 4.75. The van der Waals surface area contributed by atoms with Gasteiger partial charge in [0.15, 0.2) is 5.03 Å². The number of hydrogen-bond acceptors (Lipinski definition) is 5. The number of aromatic nitrogens is 4. The number of hydrogen-bond donors (Lipinski definition) is 1. The molecule has 8 nitrogen and oxygen atoms in total. The molecular weight excluding hydrogens is 330 g/mol. The summed E-state index contributed by atoms with van der Waals surface area (Å²) in [4.78, 5) is 8.12. The molecule has 0 saturated carbocycles. The molecule has 1 saturated heterocycles. The fourth-order valence-corrected chi connectivity index (χ4v) is 4.03. The lowest BCUT2D eigenvalue weighted by molar-refractivity contribution is -0.0000534. The number of ether oxygens (including phenoxy) is 1. The van der Waals surface area contributed by atoms with Gasteiger partial charge in [-0.05, 0) is 26.7 Å². The van der Waals surface area contributed by atoms with Crippen LogP contribution in [0.2, 0.25) is 0 Å². The van der Waals surface area contributed by atoms with Crippen molar-refractivity contribution in [2.75, 3.05) is 6.61 Å². The van der Waals surface area contributed by atoms with E-state index in [9.17, 15) is 8.42 Å². The van der Waals surface area contributed by atoms with Crippen LogP contribution in [-0.2, 0) is 21.8 Å². The van der Waals surface area contributed by atoms with Crippen molar-refractivity contribution in [2.45, 2.75) is 49.9 Å². The molecule has 2 aromatic heterocycles. The van der Waals surface area contributed by atoms with Gasteiger partial charge < -0.3 is 13.9 Å². The van der Waals surface area contributed by atoms with Crippen LogP contribution < -0.4 is 4.72 Å². The summed E-state index contributed by atoms with van der Waals surface area (Å²) in [6, 6.07) is -0.0217. The maximum atomic E-state index is 12.6. The van der Waals surface area contributed by atoms with Gasteiger partial charge in [0.2, 0.25) is 0 Å². The molecule has 0 aliphatic carbocycles. The summed E-state index contributed by atoms with van der Waals surface area (Å²) in [5, 5.41) is 0.0553. The summed E-state index contributed by atoms with van der Waals surface area (Å²) in [6.07, 6.45) is 7.62. The van der Waals surface area contributed by atoms with E-state index >= 15 is 0 Å². The summed E-state index contributed by atoms with van der Waals surface area (Å²) >= 11 is 0. The van der Waals surface area contributed by atoms with E-state index < -0.39 is 10.0 Å². The van der Waals surface area contributed by atoms with Crippen LogP contribution >= 0.6 is 0 Å². The Morgan fingerprint density at radius 2 is 2.17 bits per heavy atom. The summed E-state index contributed by atoms with van der Waals surface area (Å²) in [7, 11) is -1.73. The van der Waals surface area contributed by atoms with Gasteiger partial charge in [0, 0.05) is 31.9 Å². The number of nitrogens with zero attached hydrogens (tertiary/aromatic N) is 4. The molecule has 1 aliphatic rings. The fourth-order valence-electron chi connectivity index (χ4n) is 2.81. The van der Waals surface area contributed by atoms with E-state index in [1.54, 1.807) is 29.6 Å². The van der Waals surface area contributed by atoms with Gasteiger partial charge >= 0.3 is 0 Å². The minimum absolute atomic E-state index is 0.0553. The average molecular weight is 353 g/mol. The summed E-state index contributed by atoms with van der Waals surface area (Å²) in [5.41, 5.74) is 0.947. The van der Waals surface area contributed by atoms with Crippen LogP contribution in [0.5, 0.6) is 0 Å². The third-order valence-electron chi connectivity index (χ3n) is 4.24. The highest BCUT2D eigenvalue weighted by molar-refractivity contribution is 7.89. The highest BCUT2D eigenvalue weighted by Gasteiger charge is 2.30. The quantitative estimate of drug-likeness (QED) is 0.877. The second-order valence-electron chi connectivity index (χ2n) is 6.38. The van der Waals surface area contributed by atoms with E-state index in [1.807, 2.05) is 25.5 Å². The summed E-state index contributed by atoms with van der Waals surface area (Å²) in [6.45, 7) is 4.45. The smallest absolute Gasteiger partial charge is 0.259 e. The number of aryl methyl sites for hydroxylation is 1. The highest BCUT2D eigenvalue weighted by Crippen LogP contribution is 2.28. The van der Waals surface area contributed by atoms with Crippen LogP contribution in [0.4, 0.5) is 0 Å². The second-order valence-corrected chi connectivity index (χ2v) is 8.05. The molecule has 3 rings (SSSR count). The van der Waals surface area contributed by atoms with Crippen molar-refractivity contribution in [1.82, 2.24) is 23.8 Å². The third-order valence-corrected chi connectivity index (χ3v) is 5.64. The number of nitrogens with one attached hydrogen (secondary N) is 1. The zero-order chi connectivity index (χ0) is 17.3. The maximum Gasteiger partial charge on any atom is 0.259 e. The first-order valence-corrected chi connectivity index (χ1v) is 9.49. The fraction of sp³-hybridized carbons (Fsp3) is 0.600. The van der Waals surface area contributed by atoms with Gasteiger partial charge in [-0.25, -0.2) is 23.1 Å². The monoisotopic (exact) mass is 353 g/mol. The first-order valence-electron chi connectivity index (χ1n) is 8.00. The van der Waals surface area contributed by atoms with Crippen molar-refractivity contribution in [2.24, 2.45) is 7.05 Å². The van der Waals surface area contributed by atoms with Gasteiger partial charge in [-0.2, -0.15) is 0 Å². The first-order chi connectivity index (χ1) is 11.4. The lowest BCUT2D eigenvalue weighted by Gasteiger charge is -2.29. The van der Waals surface area contributed by atoms with Crippen LogP contribution in [0.1, 0.15) is 44.5 Å². The topological polar surface area (TPSA) is 91.0 Å². The Balaban J connectivity index is 1.71. The molecule has 1 fully saturated rings. The van der Waals surface area contributed by atoms with Crippen molar-refractivity contribution in [1.29, 1.82) is 0 Å². The van der Waals surface area contributed by atoms with Crippen LogP contribution in [0, 0.1) is 0 Å². The van der Waals surface area contributed by atoms with Crippen LogP contribution in [0.15, 0.2) is 30.1 Å². The molecule has 2 aromatic rings. The summed E-state index contributed by atoms with van der Waals surface area (Å²) in [5.74, 6) is 0.